The van der Waals surface area contributed by atoms with Gasteiger partial charge in [0.05, 0.1) is 12.3 Å². The third-order valence-corrected chi connectivity index (χ3v) is 2.96. The number of hydrogen-bond donors (Lipinski definition) is 1. The fourth-order valence-corrected chi connectivity index (χ4v) is 2.08. The van der Waals surface area contributed by atoms with E-state index in [-0.39, 0.29) is 6.61 Å². The Hall–Kier alpha value is -1.65. The second-order valence-electron chi connectivity index (χ2n) is 4.55. The van der Waals surface area contributed by atoms with Crippen molar-refractivity contribution < 1.29 is 9.63 Å². The lowest BCUT2D eigenvalue weighted by atomic mass is 10.1. The van der Waals surface area contributed by atoms with Gasteiger partial charge in [-0.2, -0.15) is 0 Å². The Labute approximate surface area is 113 Å². The standard InChI is InChI=1S/C15H20N2O2/c1-2-8-17(9-10-18)12-14-11-15(19-16-14)13-6-4-3-5-7-13/h3-7,11,18H,2,8-10,12H2,1H3. The van der Waals surface area contributed by atoms with Crippen molar-refractivity contribution in [3.8, 4) is 11.3 Å². The Morgan fingerprint density at radius 1 is 1.21 bits per heavy atom. The van der Waals surface area contributed by atoms with Gasteiger partial charge < -0.3 is 9.63 Å². The fraction of sp³-hybridized carbons (Fsp3) is 0.400. The average Bonchev–Trinajstić information content (AvgIpc) is 2.89. The van der Waals surface area contributed by atoms with Crippen molar-refractivity contribution in [2.45, 2.75) is 19.9 Å². The maximum absolute atomic E-state index is 9.04. The van der Waals surface area contributed by atoms with Gasteiger partial charge in [0, 0.05) is 24.7 Å². The van der Waals surface area contributed by atoms with Crippen LogP contribution in [-0.2, 0) is 6.54 Å². The molecule has 0 aliphatic rings. The summed E-state index contributed by atoms with van der Waals surface area (Å²) in [6, 6.07) is 11.9. The molecule has 0 aliphatic carbocycles. The van der Waals surface area contributed by atoms with Crippen molar-refractivity contribution in [3.05, 3.63) is 42.1 Å². The van der Waals surface area contributed by atoms with E-state index in [0.717, 1.165) is 30.0 Å². The van der Waals surface area contributed by atoms with Gasteiger partial charge in [0.2, 0.25) is 0 Å². The minimum Gasteiger partial charge on any atom is -0.395 e. The zero-order valence-corrected chi connectivity index (χ0v) is 11.2. The molecule has 0 saturated carbocycles. The van der Waals surface area contributed by atoms with Gasteiger partial charge in [0.25, 0.3) is 0 Å². The second kappa shape index (κ2) is 7.07. The molecule has 0 bridgehead atoms. The molecule has 1 heterocycles. The van der Waals surface area contributed by atoms with E-state index in [9.17, 15) is 0 Å². The molecule has 0 unspecified atom stereocenters. The van der Waals surface area contributed by atoms with Gasteiger partial charge in [-0.05, 0) is 13.0 Å². The number of hydrogen-bond acceptors (Lipinski definition) is 4. The first-order chi connectivity index (χ1) is 9.33. The first kappa shape index (κ1) is 13.8. The number of rotatable bonds is 7. The predicted octanol–water partition coefficient (Wildman–Crippen LogP) is 2.55. The Balaban J connectivity index is 2.04. The molecule has 0 amide bonds. The van der Waals surface area contributed by atoms with Gasteiger partial charge in [-0.1, -0.05) is 42.4 Å². The number of aromatic nitrogens is 1. The van der Waals surface area contributed by atoms with Crippen LogP contribution in [-0.4, -0.2) is 34.9 Å². The molecule has 0 spiro atoms. The SMILES string of the molecule is CCCN(CCO)Cc1cc(-c2ccccc2)on1. The van der Waals surface area contributed by atoms with E-state index in [1.54, 1.807) is 0 Å². The summed E-state index contributed by atoms with van der Waals surface area (Å²) in [5.74, 6) is 0.788. The Bertz CT molecular complexity index is 476. The van der Waals surface area contributed by atoms with E-state index >= 15 is 0 Å². The van der Waals surface area contributed by atoms with Crippen LogP contribution in [0.2, 0.25) is 0 Å². The highest BCUT2D eigenvalue weighted by atomic mass is 16.5. The highest BCUT2D eigenvalue weighted by molar-refractivity contribution is 5.56. The Morgan fingerprint density at radius 2 is 2.00 bits per heavy atom. The highest BCUT2D eigenvalue weighted by Crippen LogP contribution is 2.20. The molecule has 4 nitrogen and oxygen atoms in total. The van der Waals surface area contributed by atoms with Crippen LogP contribution in [0.1, 0.15) is 19.0 Å². The first-order valence-corrected chi connectivity index (χ1v) is 6.67. The van der Waals surface area contributed by atoms with Crippen LogP contribution in [0.4, 0.5) is 0 Å². The molecule has 1 N–H and O–H groups in total. The summed E-state index contributed by atoms with van der Waals surface area (Å²) >= 11 is 0. The maximum atomic E-state index is 9.04. The monoisotopic (exact) mass is 260 g/mol. The van der Waals surface area contributed by atoms with Crippen molar-refractivity contribution in [1.82, 2.24) is 10.1 Å². The summed E-state index contributed by atoms with van der Waals surface area (Å²) in [5.41, 5.74) is 1.94. The molecule has 1 aromatic carbocycles. The van der Waals surface area contributed by atoms with Crippen LogP contribution in [0.5, 0.6) is 0 Å². The molecule has 0 radical (unpaired) electrons. The van der Waals surface area contributed by atoms with E-state index in [1.165, 1.54) is 0 Å². The summed E-state index contributed by atoms with van der Waals surface area (Å²) in [6.45, 7) is 4.63. The van der Waals surface area contributed by atoms with Crippen LogP contribution >= 0.6 is 0 Å². The van der Waals surface area contributed by atoms with E-state index in [0.29, 0.717) is 13.1 Å². The van der Waals surface area contributed by atoms with Gasteiger partial charge in [0.15, 0.2) is 5.76 Å². The fourth-order valence-electron chi connectivity index (χ4n) is 2.08. The first-order valence-electron chi connectivity index (χ1n) is 6.67. The van der Waals surface area contributed by atoms with E-state index < -0.39 is 0 Å². The van der Waals surface area contributed by atoms with Gasteiger partial charge >= 0.3 is 0 Å². The third kappa shape index (κ3) is 3.91. The Morgan fingerprint density at radius 3 is 2.68 bits per heavy atom. The lowest BCUT2D eigenvalue weighted by Gasteiger charge is -2.18. The summed E-state index contributed by atoms with van der Waals surface area (Å²) < 4.78 is 5.37. The van der Waals surface area contributed by atoms with E-state index in [1.807, 2.05) is 36.4 Å². The minimum absolute atomic E-state index is 0.170. The molecule has 2 rings (SSSR count). The van der Waals surface area contributed by atoms with Crippen LogP contribution in [0.15, 0.2) is 40.9 Å². The predicted molar refractivity (Wildman–Crippen MR) is 74.6 cm³/mol. The number of nitrogens with zero attached hydrogens (tertiary/aromatic N) is 2. The van der Waals surface area contributed by atoms with Crippen molar-refractivity contribution in [2.75, 3.05) is 19.7 Å². The summed E-state index contributed by atoms with van der Waals surface area (Å²) in [7, 11) is 0. The third-order valence-electron chi connectivity index (χ3n) is 2.96. The molecular formula is C15H20N2O2. The molecule has 102 valence electrons. The van der Waals surface area contributed by atoms with Gasteiger partial charge in [0.1, 0.15) is 0 Å². The minimum atomic E-state index is 0.170. The number of benzene rings is 1. The summed E-state index contributed by atoms with van der Waals surface area (Å²) in [6.07, 6.45) is 1.06. The van der Waals surface area contributed by atoms with Gasteiger partial charge in [-0.3, -0.25) is 4.90 Å². The van der Waals surface area contributed by atoms with Crippen molar-refractivity contribution >= 4 is 0 Å². The topological polar surface area (TPSA) is 49.5 Å². The molecule has 0 saturated heterocycles. The lowest BCUT2D eigenvalue weighted by Crippen LogP contribution is -2.27. The second-order valence-corrected chi connectivity index (χ2v) is 4.55. The zero-order valence-electron chi connectivity index (χ0n) is 11.2. The maximum Gasteiger partial charge on any atom is 0.167 e. The Kier molecular flexibility index (Phi) is 5.12. The van der Waals surface area contributed by atoms with E-state index in [2.05, 4.69) is 17.0 Å². The molecule has 0 aliphatic heterocycles. The molecule has 2 aromatic rings. The average molecular weight is 260 g/mol. The number of aliphatic hydroxyl groups is 1. The normalized spacial score (nSPS) is 11.1. The van der Waals surface area contributed by atoms with Gasteiger partial charge in [-0.25, -0.2) is 0 Å². The number of aliphatic hydroxyl groups excluding tert-OH is 1. The zero-order chi connectivity index (χ0) is 13.5. The molecular weight excluding hydrogens is 240 g/mol. The van der Waals surface area contributed by atoms with Gasteiger partial charge in [-0.15, -0.1) is 0 Å². The molecule has 0 atom stereocenters. The van der Waals surface area contributed by atoms with Crippen molar-refractivity contribution in [3.63, 3.8) is 0 Å². The highest BCUT2D eigenvalue weighted by Gasteiger charge is 2.10. The van der Waals surface area contributed by atoms with Crippen molar-refractivity contribution in [2.24, 2.45) is 0 Å². The van der Waals surface area contributed by atoms with Crippen molar-refractivity contribution in [1.29, 1.82) is 0 Å². The lowest BCUT2D eigenvalue weighted by molar-refractivity contribution is 0.187. The molecule has 1 aromatic heterocycles. The largest absolute Gasteiger partial charge is 0.395 e. The quantitative estimate of drug-likeness (QED) is 0.831. The summed E-state index contributed by atoms with van der Waals surface area (Å²) in [4.78, 5) is 2.17. The van der Waals surface area contributed by atoms with Crippen LogP contribution in [0, 0.1) is 0 Å². The summed E-state index contributed by atoms with van der Waals surface area (Å²) in [5, 5.41) is 13.1. The van der Waals surface area contributed by atoms with E-state index in [4.69, 9.17) is 9.63 Å². The van der Waals surface area contributed by atoms with Crippen LogP contribution in [0.3, 0.4) is 0 Å². The van der Waals surface area contributed by atoms with Crippen LogP contribution < -0.4 is 0 Å². The molecule has 0 fully saturated rings. The molecule has 19 heavy (non-hydrogen) atoms. The van der Waals surface area contributed by atoms with Crippen LogP contribution in [0.25, 0.3) is 11.3 Å². The smallest absolute Gasteiger partial charge is 0.167 e. The molecule has 4 heteroatoms.